The fraction of sp³-hybridized carbons (Fsp3) is 0.731. The number of aliphatic hydroxyl groups is 1. The van der Waals surface area contributed by atoms with Gasteiger partial charge in [0, 0.05) is 32.7 Å². The predicted octanol–water partition coefficient (Wildman–Crippen LogP) is 4.62. The molecule has 4 rings (SSSR count). The van der Waals surface area contributed by atoms with Crippen LogP contribution in [0.5, 0.6) is 0 Å². The van der Waals surface area contributed by atoms with Gasteiger partial charge in [0.2, 0.25) is 5.91 Å². The van der Waals surface area contributed by atoms with Gasteiger partial charge in [0.15, 0.2) is 0 Å². The number of hydrogen-bond donors (Lipinski definition) is 1. The maximum absolute atomic E-state index is 13.0. The van der Waals surface area contributed by atoms with Gasteiger partial charge in [-0.2, -0.15) is 0 Å². The fourth-order valence-electron chi connectivity index (χ4n) is 5.99. The van der Waals surface area contributed by atoms with Crippen LogP contribution in [-0.4, -0.2) is 49.3 Å². The number of nitrogens with zero attached hydrogens (tertiary/aromatic N) is 1. The molecule has 1 heterocycles. The molecule has 1 amide bonds. The van der Waals surface area contributed by atoms with Gasteiger partial charge >= 0.3 is 0 Å². The van der Waals surface area contributed by atoms with Gasteiger partial charge in [-0.3, -0.25) is 4.79 Å². The van der Waals surface area contributed by atoms with E-state index >= 15 is 0 Å². The van der Waals surface area contributed by atoms with Crippen molar-refractivity contribution >= 4 is 5.91 Å². The van der Waals surface area contributed by atoms with Crippen LogP contribution in [0.15, 0.2) is 30.3 Å². The Bertz CT molecular complexity index is 675. The first-order valence-electron chi connectivity index (χ1n) is 12.1. The Labute approximate surface area is 182 Å². The maximum atomic E-state index is 13.0. The summed E-state index contributed by atoms with van der Waals surface area (Å²) in [6.45, 7) is 2.86. The van der Waals surface area contributed by atoms with Crippen molar-refractivity contribution < 1.29 is 14.6 Å². The number of carbonyl (C=O) groups is 1. The van der Waals surface area contributed by atoms with Crippen LogP contribution in [0.3, 0.4) is 0 Å². The number of benzene rings is 1. The number of amides is 1. The number of ether oxygens (including phenoxy) is 1. The van der Waals surface area contributed by atoms with E-state index in [0.717, 1.165) is 70.1 Å². The lowest BCUT2D eigenvalue weighted by Crippen LogP contribution is -2.47. The minimum atomic E-state index is 0.181. The Morgan fingerprint density at radius 1 is 1.13 bits per heavy atom. The Morgan fingerprint density at radius 3 is 2.47 bits per heavy atom. The van der Waals surface area contributed by atoms with Crippen LogP contribution < -0.4 is 0 Å². The molecule has 0 radical (unpaired) electrons. The largest absolute Gasteiger partial charge is 0.396 e. The van der Waals surface area contributed by atoms with Gasteiger partial charge in [-0.25, -0.2) is 0 Å². The van der Waals surface area contributed by atoms with Crippen LogP contribution in [0.1, 0.15) is 69.3 Å². The third-order valence-corrected chi connectivity index (χ3v) is 8.24. The molecule has 1 aromatic carbocycles. The van der Waals surface area contributed by atoms with E-state index in [9.17, 15) is 9.90 Å². The smallest absolute Gasteiger partial charge is 0.225 e. The molecule has 1 aliphatic heterocycles. The third-order valence-electron chi connectivity index (χ3n) is 8.24. The average Bonchev–Trinajstić information content (AvgIpc) is 3.59. The molecule has 4 nitrogen and oxygen atoms in total. The molecule has 2 saturated carbocycles. The van der Waals surface area contributed by atoms with Gasteiger partial charge in [0.25, 0.3) is 0 Å². The molecular formula is C26H39NO3. The zero-order valence-corrected chi connectivity index (χ0v) is 18.6. The second-order valence-corrected chi connectivity index (χ2v) is 10.2. The molecule has 1 unspecified atom stereocenters. The summed E-state index contributed by atoms with van der Waals surface area (Å²) in [5.41, 5.74) is 1.74. The second-order valence-electron chi connectivity index (χ2n) is 10.2. The Morgan fingerprint density at radius 2 is 1.83 bits per heavy atom. The summed E-state index contributed by atoms with van der Waals surface area (Å²) in [7, 11) is 1.82. The molecule has 0 bridgehead atoms. The number of hydrogen-bond acceptors (Lipinski definition) is 3. The molecule has 3 aliphatic rings. The van der Waals surface area contributed by atoms with Crippen LogP contribution in [0.25, 0.3) is 0 Å². The number of rotatable bonds is 8. The first-order chi connectivity index (χ1) is 14.6. The molecule has 2 aliphatic carbocycles. The van der Waals surface area contributed by atoms with Gasteiger partial charge < -0.3 is 14.7 Å². The topological polar surface area (TPSA) is 49.8 Å². The van der Waals surface area contributed by atoms with E-state index in [1.54, 1.807) is 0 Å². The highest BCUT2D eigenvalue weighted by atomic mass is 16.5. The number of aliphatic hydroxyl groups excluding tert-OH is 1. The zero-order chi connectivity index (χ0) is 21.0. The lowest BCUT2D eigenvalue weighted by molar-refractivity contribution is -0.140. The van der Waals surface area contributed by atoms with Crippen molar-refractivity contribution in [1.82, 2.24) is 4.90 Å². The fourth-order valence-corrected chi connectivity index (χ4v) is 5.99. The highest BCUT2D eigenvalue weighted by Crippen LogP contribution is 2.52. The Hall–Kier alpha value is -1.39. The lowest BCUT2D eigenvalue weighted by Gasteiger charge is -2.43. The highest BCUT2D eigenvalue weighted by Gasteiger charge is 2.42. The number of piperidine rings is 1. The van der Waals surface area contributed by atoms with E-state index in [1.807, 2.05) is 7.11 Å². The maximum Gasteiger partial charge on any atom is 0.225 e. The standard InChI is InChI=1S/C26H39NO3/c1-30-19-26(12-11-23-17-24(23)21-5-3-2-4-6-21)13-15-27(16-14-26)25(29)22-9-7-20(18-28)8-10-22/h2-6,20,22-24,28H,7-19H2,1H3/t20?,22?,23-,24?/m1/s1. The van der Waals surface area contributed by atoms with E-state index in [-0.39, 0.29) is 17.9 Å². The van der Waals surface area contributed by atoms with Crippen molar-refractivity contribution in [3.63, 3.8) is 0 Å². The van der Waals surface area contributed by atoms with Crippen LogP contribution in [0.2, 0.25) is 0 Å². The summed E-state index contributed by atoms with van der Waals surface area (Å²) in [5.74, 6) is 2.53. The minimum Gasteiger partial charge on any atom is -0.396 e. The van der Waals surface area contributed by atoms with Crippen molar-refractivity contribution in [2.45, 2.75) is 63.7 Å². The molecule has 1 N–H and O–H groups in total. The zero-order valence-electron chi connectivity index (χ0n) is 18.6. The second kappa shape index (κ2) is 9.82. The van der Waals surface area contributed by atoms with Crippen LogP contribution in [0, 0.1) is 23.2 Å². The third kappa shape index (κ3) is 5.08. The highest BCUT2D eigenvalue weighted by molar-refractivity contribution is 5.79. The van der Waals surface area contributed by atoms with Crippen LogP contribution in [-0.2, 0) is 9.53 Å². The summed E-state index contributed by atoms with van der Waals surface area (Å²) >= 11 is 0. The van der Waals surface area contributed by atoms with Crippen molar-refractivity contribution in [2.24, 2.45) is 23.2 Å². The summed E-state index contributed by atoms with van der Waals surface area (Å²) in [6.07, 6.45) is 9.87. The van der Waals surface area contributed by atoms with Crippen molar-refractivity contribution in [3.8, 4) is 0 Å². The molecule has 0 spiro atoms. The van der Waals surface area contributed by atoms with Gasteiger partial charge in [-0.15, -0.1) is 0 Å². The first-order valence-corrected chi connectivity index (χ1v) is 12.1. The van der Waals surface area contributed by atoms with Gasteiger partial charge in [0.05, 0.1) is 6.61 Å². The number of methoxy groups -OCH3 is 1. The summed E-state index contributed by atoms with van der Waals surface area (Å²) in [4.78, 5) is 15.2. The van der Waals surface area contributed by atoms with Crippen LogP contribution in [0.4, 0.5) is 0 Å². The summed E-state index contributed by atoms with van der Waals surface area (Å²) in [6, 6.07) is 10.9. The predicted molar refractivity (Wildman–Crippen MR) is 119 cm³/mol. The van der Waals surface area contributed by atoms with Gasteiger partial charge in [0.1, 0.15) is 0 Å². The van der Waals surface area contributed by atoms with Gasteiger partial charge in [-0.1, -0.05) is 30.3 Å². The van der Waals surface area contributed by atoms with E-state index < -0.39 is 0 Å². The normalized spacial score (nSPS) is 30.8. The van der Waals surface area contributed by atoms with Crippen molar-refractivity contribution in [1.29, 1.82) is 0 Å². The molecule has 3 fully saturated rings. The van der Waals surface area contributed by atoms with Crippen LogP contribution >= 0.6 is 0 Å². The van der Waals surface area contributed by atoms with E-state index in [2.05, 4.69) is 35.2 Å². The Kier molecular flexibility index (Phi) is 7.15. The number of likely N-dealkylation sites (tertiary alicyclic amines) is 1. The quantitative estimate of drug-likeness (QED) is 0.676. The first kappa shape index (κ1) is 21.8. The molecule has 30 heavy (non-hydrogen) atoms. The summed E-state index contributed by atoms with van der Waals surface area (Å²) in [5, 5.41) is 9.34. The van der Waals surface area contributed by atoms with Gasteiger partial charge in [-0.05, 0) is 86.5 Å². The molecule has 0 aromatic heterocycles. The summed E-state index contributed by atoms with van der Waals surface area (Å²) < 4.78 is 5.66. The average molecular weight is 414 g/mol. The molecule has 1 aromatic rings. The van der Waals surface area contributed by atoms with E-state index in [0.29, 0.717) is 11.8 Å². The molecule has 1 saturated heterocycles. The Balaban J connectivity index is 1.26. The van der Waals surface area contributed by atoms with Crippen molar-refractivity contribution in [3.05, 3.63) is 35.9 Å². The number of carbonyl (C=O) groups excluding carboxylic acids is 1. The lowest BCUT2D eigenvalue weighted by atomic mass is 9.74. The molecule has 2 atom stereocenters. The monoisotopic (exact) mass is 413 g/mol. The minimum absolute atomic E-state index is 0.181. The molecular weight excluding hydrogens is 374 g/mol. The van der Waals surface area contributed by atoms with E-state index in [4.69, 9.17) is 4.74 Å². The SMILES string of the molecule is COCC1(CC[C@@H]2CC2c2ccccc2)CCN(C(=O)C2CCC(CO)CC2)CC1. The molecule has 4 heteroatoms. The van der Waals surface area contributed by atoms with E-state index in [1.165, 1.54) is 24.8 Å². The molecule has 166 valence electrons. The van der Waals surface area contributed by atoms with Crippen molar-refractivity contribution in [2.75, 3.05) is 33.4 Å².